The Bertz CT molecular complexity index is 2790. The van der Waals surface area contributed by atoms with Gasteiger partial charge in [-0.05, 0) is 128 Å². The minimum absolute atomic E-state index is 0. The highest BCUT2D eigenvalue weighted by Crippen LogP contribution is 2.25. The summed E-state index contributed by atoms with van der Waals surface area (Å²) in [5.74, 6) is 11.8. The smallest absolute Gasteiger partial charge is 0.285 e. The maximum Gasteiger partial charge on any atom is 0.285 e. The van der Waals surface area contributed by atoms with Gasteiger partial charge in [0.25, 0.3) is 53.2 Å². The minimum atomic E-state index is -0.883. The van der Waals surface area contributed by atoms with E-state index in [1.54, 1.807) is 24.3 Å². The summed E-state index contributed by atoms with van der Waals surface area (Å²) in [5, 5.41) is 24.5. The van der Waals surface area contributed by atoms with Crippen LogP contribution in [0.5, 0.6) is 0 Å². The highest BCUT2D eigenvalue weighted by molar-refractivity contribution is 6.20. The molecule has 114 heavy (non-hydrogen) atoms. The Hall–Kier alpha value is -7.64. The number of hydrogen-bond donors (Lipinski definition) is 14. The van der Waals surface area contributed by atoms with Gasteiger partial charge in [-0.25, -0.2) is 32.7 Å². The number of hydroxylamine groups is 6. The van der Waals surface area contributed by atoms with Crippen LogP contribution in [0.2, 0.25) is 0 Å². The largest absolute Gasteiger partial charge is 0.412 e. The fourth-order valence-electron chi connectivity index (χ4n) is 9.13. The summed E-state index contributed by atoms with van der Waals surface area (Å²) in [5.41, 5.74) is 9.76. The van der Waals surface area contributed by atoms with E-state index in [0.29, 0.717) is 135 Å². The molecule has 1 aromatic carbocycles. The van der Waals surface area contributed by atoms with Crippen LogP contribution in [0.4, 0.5) is 0 Å². The molecular formula is C80H154N14O20. The van der Waals surface area contributed by atoms with Gasteiger partial charge in [-0.2, -0.15) is 0 Å². The number of carbonyl (C=O) groups excluding carboxylic acids is 12. The quantitative estimate of drug-likeness (QED) is 0.0139. The van der Waals surface area contributed by atoms with Gasteiger partial charge in [-0.1, -0.05) is 192 Å². The summed E-state index contributed by atoms with van der Waals surface area (Å²) >= 11 is 0. The lowest BCUT2D eigenvalue weighted by Gasteiger charge is -2.23. The van der Waals surface area contributed by atoms with E-state index in [2.05, 4.69) is 70.3 Å². The van der Waals surface area contributed by atoms with Crippen LogP contribution in [-0.2, 0) is 77.0 Å². The van der Waals surface area contributed by atoms with Gasteiger partial charge in [0.2, 0.25) is 17.7 Å². The molecule has 1 aliphatic heterocycles. The van der Waals surface area contributed by atoms with Crippen molar-refractivity contribution < 1.29 is 97.1 Å². The molecule has 0 spiro atoms. The lowest BCUT2D eigenvalue weighted by Crippen LogP contribution is -2.44. The minimum Gasteiger partial charge on any atom is -0.412 e. The van der Waals surface area contributed by atoms with Crippen molar-refractivity contribution in [3.63, 3.8) is 0 Å². The summed E-state index contributed by atoms with van der Waals surface area (Å²) in [7, 11) is 1.00. The van der Waals surface area contributed by atoms with Gasteiger partial charge in [-0.3, -0.25) is 93.4 Å². The summed E-state index contributed by atoms with van der Waals surface area (Å²) < 4.78 is 0. The Morgan fingerprint density at radius 3 is 0.877 bits per heavy atom. The second kappa shape index (κ2) is 68.6. The summed E-state index contributed by atoms with van der Waals surface area (Å²) in [4.78, 5) is 178. The first-order chi connectivity index (χ1) is 52.4. The molecule has 0 unspecified atom stereocenters. The molecule has 1 aliphatic rings. The lowest BCUT2D eigenvalue weighted by atomic mass is 10.1. The van der Waals surface area contributed by atoms with Crippen molar-refractivity contribution in [1.82, 2.24) is 58.9 Å². The predicted octanol–water partition coefficient (Wildman–Crippen LogP) is 6.73. The first-order valence-corrected chi connectivity index (χ1v) is 39.3. The van der Waals surface area contributed by atoms with Crippen LogP contribution >= 0.6 is 0 Å². The van der Waals surface area contributed by atoms with Gasteiger partial charge in [0.05, 0.1) is 11.1 Å². The van der Waals surface area contributed by atoms with Crippen molar-refractivity contribution in [1.29, 1.82) is 0 Å². The SMILES string of the molecule is C.CC(C)CNC(=O)[C@@H](CC(C)C)ON.CC(C)CNC(=O)[C@@H](CC(C)C)ON1C(=O)c2ccccc2C1=O.CC(C)CNC(=O)[C@@H](CC(C)C)ONC(=O)/C=C/CC(=O)NO[C@H](CC(C)C)C(=O)NCC(C)C.CC(C)CNC(=O)[C@@H](CC(C)C)ONC(=O)CCCC(=O)NO[C@H](CC(C)C)C(=O)NCC(C)C.CO.NN.O. The third kappa shape index (κ3) is 60.8. The number of aliphatic hydroxyl groups excluding tert-OH is 1. The van der Waals surface area contributed by atoms with Gasteiger partial charge < -0.3 is 42.5 Å². The summed E-state index contributed by atoms with van der Waals surface area (Å²) in [6, 6.07) is 6.54. The fourth-order valence-corrected chi connectivity index (χ4v) is 9.13. The van der Waals surface area contributed by atoms with Crippen LogP contribution in [0.25, 0.3) is 0 Å². The van der Waals surface area contributed by atoms with Gasteiger partial charge in [-0.15, -0.1) is 5.06 Å². The van der Waals surface area contributed by atoms with Crippen molar-refractivity contribution in [2.75, 3.05) is 46.4 Å². The van der Waals surface area contributed by atoms with Gasteiger partial charge in [0.1, 0.15) is 0 Å². The standard InChI is InChI=1S/C25H48N4O6.C25H46N4O6.C18H24N2O4.C10H22N2O2.CH4O.CH4.H4N2.H2O/c2*1-16(2)12-20(24(32)26-14-18(5)6)34-28-22(30)10-9-11-23(31)29-35-21(13-17(3)4)25(33)27-15-19(7)8;1-11(2)9-15(16(21)19-10-12(3)4)24-20-17(22)13-7-5-6-8-14(13)18(20)23;1-7(2)5-9(14-11)10(13)12-6-8(3)4;1-2;;1-2;/h16-21H,9-15H2,1-8H3,(H,26,32)(H,27,33)(H,28,30)(H,29,31);9-10,16-21H,11-15H2,1-8H3,(H,26,32)(H,27,33)(H,28,30)(H,29,31);5-8,11-12,15H,9-10H2,1-4H3,(H,19,21);7-9H,5-6,11H2,1-4H3,(H,12,13);2H,1H3;1H4;1-2H2;1H2/b;10-9+;;;;;;/t2*20-,21-;15-;9-;;;;/m1111..../s1. The number of rotatable bonds is 48. The van der Waals surface area contributed by atoms with E-state index in [-0.39, 0.29) is 104 Å². The van der Waals surface area contributed by atoms with E-state index in [1.807, 2.05) is 166 Å². The average molecular weight is 1630 g/mol. The second-order valence-electron chi connectivity index (χ2n) is 32.2. The molecule has 12 amide bonds. The molecule has 0 saturated carbocycles. The number of hydrogen-bond acceptors (Lipinski definition) is 22. The number of amides is 12. The van der Waals surface area contributed by atoms with Crippen LogP contribution < -0.4 is 71.4 Å². The van der Waals surface area contributed by atoms with Gasteiger partial charge in [0.15, 0.2) is 36.6 Å². The Balaban J connectivity index is -0.000000347. The number of carbonyl (C=O) groups is 12. The molecule has 664 valence electrons. The van der Waals surface area contributed by atoms with Crippen LogP contribution in [0.3, 0.4) is 0 Å². The molecule has 0 fully saturated rings. The molecule has 34 heteroatoms. The second-order valence-corrected chi connectivity index (χ2v) is 32.2. The number of imide groups is 1. The number of nitrogens with two attached hydrogens (primary N) is 3. The zero-order valence-corrected chi connectivity index (χ0v) is 72.6. The van der Waals surface area contributed by atoms with Crippen LogP contribution in [0, 0.1) is 71.0 Å². The first-order valence-electron chi connectivity index (χ1n) is 39.3. The molecule has 19 N–H and O–H groups in total. The topological polar surface area (TPSA) is 514 Å². The number of nitrogens with zero attached hydrogens (tertiary/aromatic N) is 1. The van der Waals surface area contributed by atoms with Crippen molar-refractivity contribution in [3.05, 3.63) is 47.5 Å². The molecule has 0 saturated heterocycles. The maximum atomic E-state index is 12.4. The van der Waals surface area contributed by atoms with Gasteiger partial charge >= 0.3 is 0 Å². The Morgan fingerprint density at radius 1 is 0.377 bits per heavy atom. The molecule has 0 bridgehead atoms. The van der Waals surface area contributed by atoms with Crippen molar-refractivity contribution in [2.24, 2.45) is 88.6 Å². The summed E-state index contributed by atoms with van der Waals surface area (Å²) in [6.07, 6.45) is 0.965. The van der Waals surface area contributed by atoms with Crippen molar-refractivity contribution in [2.45, 2.75) is 274 Å². The zero-order chi connectivity index (χ0) is 86.9. The average Bonchev–Trinajstić information content (AvgIpc) is 1.63. The van der Waals surface area contributed by atoms with Crippen LogP contribution in [0.15, 0.2) is 36.4 Å². The van der Waals surface area contributed by atoms with Crippen molar-refractivity contribution >= 4 is 70.9 Å². The van der Waals surface area contributed by atoms with E-state index in [9.17, 15) is 57.5 Å². The maximum absolute atomic E-state index is 12.4. The fraction of sp³-hybridized carbons (Fsp3) is 0.750. The van der Waals surface area contributed by atoms with Crippen molar-refractivity contribution in [3.8, 4) is 0 Å². The van der Waals surface area contributed by atoms with Gasteiger partial charge in [0, 0.05) is 71.7 Å². The predicted molar refractivity (Wildman–Crippen MR) is 441 cm³/mol. The van der Waals surface area contributed by atoms with E-state index >= 15 is 0 Å². The highest BCUT2D eigenvalue weighted by Gasteiger charge is 2.40. The number of benzene rings is 1. The molecule has 0 aromatic heterocycles. The normalized spacial score (nSPS) is 13.1. The number of fused-ring (bicyclic) bond motifs is 1. The Morgan fingerprint density at radius 2 is 0.614 bits per heavy atom. The first kappa shape index (κ1) is 117. The Kier molecular flexibility index (Phi) is 70.5. The van der Waals surface area contributed by atoms with E-state index in [1.165, 1.54) is 6.08 Å². The van der Waals surface area contributed by atoms with Crippen LogP contribution in [-0.4, -0.2) is 170 Å². The molecule has 2 rings (SSSR count). The number of aliphatic hydroxyl groups is 1. The number of nitrogens with one attached hydrogen (secondary N) is 10. The number of hydrazine groups is 1. The van der Waals surface area contributed by atoms with E-state index in [4.69, 9.17) is 35.2 Å². The summed E-state index contributed by atoms with van der Waals surface area (Å²) in [6.45, 7) is 50.9. The zero-order valence-electron chi connectivity index (χ0n) is 72.6. The third-order valence-electron chi connectivity index (χ3n) is 14.8. The van der Waals surface area contributed by atoms with Crippen LogP contribution in [0.1, 0.15) is 259 Å². The molecule has 0 radical (unpaired) electrons. The molecule has 1 heterocycles. The molecule has 0 aliphatic carbocycles. The Labute approximate surface area is 681 Å². The molecule has 6 atom stereocenters. The van der Waals surface area contributed by atoms with E-state index < -0.39 is 72.1 Å². The molecule has 34 nitrogen and oxygen atoms in total. The molecular weight excluding hydrogens is 1480 g/mol. The highest BCUT2D eigenvalue weighted by atomic mass is 16.7. The molecule has 1 aromatic rings. The third-order valence-corrected chi connectivity index (χ3v) is 14.8. The monoisotopic (exact) mass is 1630 g/mol. The lowest BCUT2D eigenvalue weighted by molar-refractivity contribution is -0.162. The van der Waals surface area contributed by atoms with E-state index in [0.717, 1.165) is 13.2 Å².